The van der Waals surface area contributed by atoms with Crippen LogP contribution in [0.3, 0.4) is 0 Å². The zero-order chi connectivity index (χ0) is 14.5. The number of benzene rings is 1. The molecule has 0 radical (unpaired) electrons. The van der Waals surface area contributed by atoms with Gasteiger partial charge in [-0.3, -0.25) is 14.2 Å². The Morgan fingerprint density at radius 3 is 2.65 bits per heavy atom. The van der Waals surface area contributed by atoms with E-state index in [1.165, 1.54) is 6.20 Å². The first-order valence-corrected chi connectivity index (χ1v) is 6.44. The molecule has 2 aromatic rings. The summed E-state index contributed by atoms with van der Waals surface area (Å²) in [5.74, 6) is -0.561. The second-order valence-electron chi connectivity index (χ2n) is 3.93. The van der Waals surface area contributed by atoms with E-state index < -0.39 is 11.5 Å². The van der Waals surface area contributed by atoms with Crippen molar-refractivity contribution in [2.45, 2.75) is 13.2 Å². The minimum atomic E-state index is -0.590. The predicted molar refractivity (Wildman–Crippen MR) is 74.8 cm³/mol. The SMILES string of the molecule is O=C(Cn1cc(Cl)nc(Cl)c1=O)OCc1ccccc1. The molecule has 20 heavy (non-hydrogen) atoms. The molecule has 0 aliphatic rings. The molecule has 0 atom stereocenters. The van der Waals surface area contributed by atoms with Crippen molar-refractivity contribution >= 4 is 29.2 Å². The summed E-state index contributed by atoms with van der Waals surface area (Å²) in [5.41, 5.74) is 0.270. The van der Waals surface area contributed by atoms with Crippen molar-refractivity contribution in [1.82, 2.24) is 9.55 Å². The van der Waals surface area contributed by atoms with Gasteiger partial charge in [0, 0.05) is 6.20 Å². The zero-order valence-corrected chi connectivity index (χ0v) is 11.8. The number of rotatable bonds is 4. The summed E-state index contributed by atoms with van der Waals surface area (Å²) < 4.78 is 6.12. The van der Waals surface area contributed by atoms with Crippen molar-refractivity contribution in [3.05, 3.63) is 62.8 Å². The van der Waals surface area contributed by atoms with Gasteiger partial charge in [0.1, 0.15) is 18.3 Å². The first-order chi connectivity index (χ1) is 9.56. The highest BCUT2D eigenvalue weighted by Crippen LogP contribution is 2.06. The molecule has 104 valence electrons. The molecule has 0 unspecified atom stereocenters. The summed E-state index contributed by atoms with van der Waals surface area (Å²) >= 11 is 11.3. The summed E-state index contributed by atoms with van der Waals surface area (Å²) in [6, 6.07) is 9.22. The van der Waals surface area contributed by atoms with E-state index in [0.29, 0.717) is 0 Å². The van der Waals surface area contributed by atoms with Crippen molar-refractivity contribution in [2.24, 2.45) is 0 Å². The van der Waals surface area contributed by atoms with Gasteiger partial charge in [-0.25, -0.2) is 4.98 Å². The third-order valence-corrected chi connectivity index (χ3v) is 2.88. The standard InChI is InChI=1S/C13H10Cl2N2O3/c14-10-6-17(13(19)12(15)16-10)7-11(18)20-8-9-4-2-1-3-5-9/h1-6H,7-8H2. The van der Waals surface area contributed by atoms with Crippen LogP contribution in [0, 0.1) is 0 Å². The van der Waals surface area contributed by atoms with Crippen LogP contribution in [0.1, 0.15) is 5.56 Å². The highest BCUT2D eigenvalue weighted by Gasteiger charge is 2.10. The number of halogens is 2. The van der Waals surface area contributed by atoms with Crippen LogP contribution >= 0.6 is 23.2 Å². The first-order valence-electron chi connectivity index (χ1n) is 5.68. The minimum absolute atomic E-state index is 0.0328. The summed E-state index contributed by atoms with van der Waals surface area (Å²) in [5, 5.41) is -0.251. The molecule has 0 aliphatic heterocycles. The lowest BCUT2D eigenvalue weighted by Crippen LogP contribution is -2.26. The summed E-state index contributed by atoms with van der Waals surface area (Å²) in [7, 11) is 0. The molecule has 0 saturated heterocycles. The molecule has 1 heterocycles. The number of hydrogen-bond donors (Lipinski definition) is 0. The van der Waals surface area contributed by atoms with Gasteiger partial charge in [0.2, 0.25) is 0 Å². The van der Waals surface area contributed by atoms with E-state index in [1.807, 2.05) is 30.3 Å². The molecule has 1 aromatic heterocycles. The van der Waals surface area contributed by atoms with E-state index in [9.17, 15) is 9.59 Å². The van der Waals surface area contributed by atoms with Crippen molar-refractivity contribution in [2.75, 3.05) is 0 Å². The maximum Gasteiger partial charge on any atom is 0.326 e. The number of carbonyl (C=O) groups excluding carboxylic acids is 1. The van der Waals surface area contributed by atoms with E-state index >= 15 is 0 Å². The van der Waals surface area contributed by atoms with Crippen LogP contribution in [-0.2, 0) is 22.7 Å². The van der Waals surface area contributed by atoms with Crippen LogP contribution in [0.2, 0.25) is 10.3 Å². The fourth-order valence-corrected chi connectivity index (χ4v) is 1.96. The molecule has 0 N–H and O–H groups in total. The molecule has 0 amide bonds. The number of aromatic nitrogens is 2. The molecule has 1 aromatic carbocycles. The molecule has 0 bridgehead atoms. The maximum atomic E-state index is 11.7. The van der Waals surface area contributed by atoms with Gasteiger partial charge >= 0.3 is 5.97 Å². The highest BCUT2D eigenvalue weighted by atomic mass is 35.5. The lowest BCUT2D eigenvalue weighted by Gasteiger charge is -2.07. The van der Waals surface area contributed by atoms with Gasteiger partial charge < -0.3 is 4.74 Å². The van der Waals surface area contributed by atoms with Crippen LogP contribution in [-0.4, -0.2) is 15.5 Å². The normalized spacial score (nSPS) is 10.3. The Bertz CT molecular complexity index is 671. The van der Waals surface area contributed by atoms with Gasteiger partial charge in [-0.05, 0) is 5.56 Å². The maximum absolute atomic E-state index is 11.7. The molecule has 0 fully saturated rings. The number of nitrogens with zero attached hydrogens (tertiary/aromatic N) is 2. The minimum Gasteiger partial charge on any atom is -0.459 e. The Hall–Kier alpha value is -1.85. The Morgan fingerprint density at radius 2 is 1.95 bits per heavy atom. The Balaban J connectivity index is 2.00. The Kier molecular flexibility index (Phi) is 4.76. The lowest BCUT2D eigenvalue weighted by molar-refractivity contribution is -0.145. The molecule has 7 heteroatoms. The Morgan fingerprint density at radius 1 is 1.25 bits per heavy atom. The van der Waals surface area contributed by atoms with Crippen LogP contribution in [0.25, 0.3) is 0 Å². The zero-order valence-electron chi connectivity index (χ0n) is 10.3. The summed E-state index contributed by atoms with van der Waals surface area (Å²) in [4.78, 5) is 26.9. The van der Waals surface area contributed by atoms with Crippen LogP contribution in [0.4, 0.5) is 0 Å². The average Bonchev–Trinajstić information content (AvgIpc) is 2.43. The van der Waals surface area contributed by atoms with Gasteiger partial charge in [-0.2, -0.15) is 0 Å². The van der Waals surface area contributed by atoms with E-state index in [-0.39, 0.29) is 23.5 Å². The summed E-state index contributed by atoms with van der Waals surface area (Å²) in [6.45, 7) is -0.130. The average molecular weight is 313 g/mol. The number of carbonyl (C=O) groups is 1. The largest absolute Gasteiger partial charge is 0.459 e. The van der Waals surface area contributed by atoms with Gasteiger partial charge in [-0.15, -0.1) is 0 Å². The number of esters is 1. The monoisotopic (exact) mass is 312 g/mol. The summed E-state index contributed by atoms with van der Waals surface area (Å²) in [6.07, 6.45) is 1.24. The topological polar surface area (TPSA) is 61.2 Å². The van der Waals surface area contributed by atoms with Crippen molar-refractivity contribution < 1.29 is 9.53 Å². The molecule has 2 rings (SSSR count). The first kappa shape index (κ1) is 14.6. The number of hydrogen-bond acceptors (Lipinski definition) is 4. The van der Waals surface area contributed by atoms with Crippen molar-refractivity contribution in [3.63, 3.8) is 0 Å². The van der Waals surface area contributed by atoms with Crippen LogP contribution < -0.4 is 5.56 Å². The van der Waals surface area contributed by atoms with Gasteiger partial charge in [0.15, 0.2) is 5.15 Å². The molecule has 0 spiro atoms. The molecule has 0 aliphatic carbocycles. The smallest absolute Gasteiger partial charge is 0.326 e. The third kappa shape index (κ3) is 3.82. The highest BCUT2D eigenvalue weighted by molar-refractivity contribution is 6.32. The van der Waals surface area contributed by atoms with Crippen molar-refractivity contribution in [1.29, 1.82) is 0 Å². The van der Waals surface area contributed by atoms with E-state index in [2.05, 4.69) is 4.98 Å². The van der Waals surface area contributed by atoms with E-state index in [4.69, 9.17) is 27.9 Å². The molecular weight excluding hydrogens is 303 g/mol. The van der Waals surface area contributed by atoms with E-state index in [0.717, 1.165) is 10.1 Å². The van der Waals surface area contributed by atoms with Gasteiger partial charge in [-0.1, -0.05) is 53.5 Å². The second-order valence-corrected chi connectivity index (χ2v) is 4.68. The van der Waals surface area contributed by atoms with Crippen LogP contribution in [0.15, 0.2) is 41.3 Å². The lowest BCUT2D eigenvalue weighted by atomic mass is 10.2. The van der Waals surface area contributed by atoms with Gasteiger partial charge in [0.25, 0.3) is 5.56 Å². The third-order valence-electron chi connectivity index (χ3n) is 2.45. The van der Waals surface area contributed by atoms with Crippen LogP contribution in [0.5, 0.6) is 0 Å². The Labute approximate surface area is 124 Å². The predicted octanol–water partition coefficient (Wildman–Crippen LogP) is 2.29. The van der Waals surface area contributed by atoms with E-state index in [1.54, 1.807) is 0 Å². The van der Waals surface area contributed by atoms with Crippen molar-refractivity contribution in [3.8, 4) is 0 Å². The number of ether oxygens (including phenoxy) is 1. The quantitative estimate of drug-likeness (QED) is 0.813. The molecule has 5 nitrogen and oxygen atoms in total. The van der Waals surface area contributed by atoms with Gasteiger partial charge in [0.05, 0.1) is 0 Å². The second kappa shape index (κ2) is 6.54. The fraction of sp³-hybridized carbons (Fsp3) is 0.154. The molecule has 0 saturated carbocycles. The molecular formula is C13H10Cl2N2O3. The fourth-order valence-electron chi connectivity index (χ4n) is 1.52.